The van der Waals surface area contributed by atoms with Crippen LogP contribution in [-0.4, -0.2) is 17.1 Å². The van der Waals surface area contributed by atoms with Gasteiger partial charge in [0.25, 0.3) is 0 Å². The van der Waals surface area contributed by atoms with Crippen molar-refractivity contribution in [2.45, 2.75) is 0 Å². The maximum absolute atomic E-state index is 5.39. The molecule has 0 atom stereocenters. The molecule has 0 saturated carbocycles. The van der Waals surface area contributed by atoms with Crippen molar-refractivity contribution >= 4 is 32.6 Å². The normalized spacial score (nSPS) is 11.3. The number of pyridine rings is 2. The van der Waals surface area contributed by atoms with Crippen molar-refractivity contribution in [3.8, 4) is 28.0 Å². The van der Waals surface area contributed by atoms with Gasteiger partial charge in [0.1, 0.15) is 5.75 Å². The first-order chi connectivity index (χ1) is 15.8. The minimum Gasteiger partial charge on any atom is -0.497 e. The standard InChI is InChI=1S/C29H20N2O/c1-32-20-14-12-19(13-15-20)27-21-7-2-4-9-23(21)28(24-10-5-3-8-22(24)27)25-16-18-31-29-26(25)11-6-17-30-29/h2-18H,1H3. The summed E-state index contributed by atoms with van der Waals surface area (Å²) in [6, 6.07) is 31.8. The van der Waals surface area contributed by atoms with Crippen molar-refractivity contribution in [3.05, 3.63) is 103 Å². The van der Waals surface area contributed by atoms with Crippen LogP contribution in [0, 0.1) is 0 Å². The Hall–Kier alpha value is -4.24. The molecule has 4 aromatic carbocycles. The molecule has 0 N–H and O–H groups in total. The highest BCUT2D eigenvalue weighted by Gasteiger charge is 2.18. The summed E-state index contributed by atoms with van der Waals surface area (Å²) in [5.41, 5.74) is 5.54. The molecule has 2 heterocycles. The molecule has 0 bridgehead atoms. The molecule has 0 aliphatic carbocycles. The van der Waals surface area contributed by atoms with Gasteiger partial charge in [0.2, 0.25) is 0 Å². The Labute approximate surface area is 186 Å². The molecular formula is C29H20N2O. The van der Waals surface area contributed by atoms with Crippen LogP contribution in [0.5, 0.6) is 5.75 Å². The van der Waals surface area contributed by atoms with E-state index in [-0.39, 0.29) is 0 Å². The highest BCUT2D eigenvalue weighted by atomic mass is 16.5. The summed E-state index contributed by atoms with van der Waals surface area (Å²) in [5, 5.41) is 5.93. The quantitative estimate of drug-likeness (QED) is 0.287. The average molecular weight is 412 g/mol. The van der Waals surface area contributed by atoms with Gasteiger partial charge >= 0.3 is 0 Å². The molecule has 32 heavy (non-hydrogen) atoms. The predicted octanol–water partition coefficient (Wildman–Crippen LogP) is 7.28. The molecule has 152 valence electrons. The summed E-state index contributed by atoms with van der Waals surface area (Å²) in [5.74, 6) is 0.856. The van der Waals surface area contributed by atoms with Crippen LogP contribution in [0.4, 0.5) is 0 Å². The predicted molar refractivity (Wildman–Crippen MR) is 132 cm³/mol. The number of methoxy groups -OCH3 is 1. The fraction of sp³-hybridized carbons (Fsp3) is 0.0345. The first-order valence-electron chi connectivity index (χ1n) is 10.6. The van der Waals surface area contributed by atoms with E-state index in [0.717, 1.165) is 22.3 Å². The Bertz CT molecular complexity index is 1540. The van der Waals surface area contributed by atoms with E-state index in [2.05, 4.69) is 82.8 Å². The number of hydrogen-bond acceptors (Lipinski definition) is 3. The van der Waals surface area contributed by atoms with E-state index in [1.54, 1.807) is 13.3 Å². The van der Waals surface area contributed by atoms with Crippen LogP contribution in [0.3, 0.4) is 0 Å². The van der Waals surface area contributed by atoms with Crippen LogP contribution in [0.1, 0.15) is 0 Å². The fourth-order valence-corrected chi connectivity index (χ4v) is 4.69. The van der Waals surface area contributed by atoms with E-state index in [9.17, 15) is 0 Å². The minimum atomic E-state index is 0.761. The number of fused-ring (bicyclic) bond motifs is 3. The van der Waals surface area contributed by atoms with Gasteiger partial charge in [0.15, 0.2) is 5.65 Å². The summed E-state index contributed by atoms with van der Waals surface area (Å²) < 4.78 is 5.39. The summed E-state index contributed by atoms with van der Waals surface area (Å²) in [6.45, 7) is 0. The molecule has 0 radical (unpaired) electrons. The lowest BCUT2D eigenvalue weighted by molar-refractivity contribution is 0.415. The largest absolute Gasteiger partial charge is 0.497 e. The molecule has 6 aromatic rings. The smallest absolute Gasteiger partial charge is 0.159 e. The third-order valence-electron chi connectivity index (χ3n) is 6.09. The zero-order valence-corrected chi connectivity index (χ0v) is 17.6. The first kappa shape index (κ1) is 18.5. The molecule has 3 heteroatoms. The number of rotatable bonds is 3. The molecule has 0 aliphatic heterocycles. The molecule has 3 nitrogen and oxygen atoms in total. The number of aromatic nitrogens is 2. The monoisotopic (exact) mass is 412 g/mol. The molecular weight excluding hydrogens is 392 g/mol. The number of benzene rings is 4. The molecule has 0 spiro atoms. The molecule has 6 rings (SSSR count). The number of ether oxygens (including phenoxy) is 1. The van der Waals surface area contributed by atoms with E-state index in [4.69, 9.17) is 4.74 Å². The topological polar surface area (TPSA) is 35.0 Å². The molecule has 2 aromatic heterocycles. The van der Waals surface area contributed by atoms with Crippen molar-refractivity contribution in [1.29, 1.82) is 0 Å². The van der Waals surface area contributed by atoms with E-state index >= 15 is 0 Å². The highest BCUT2D eigenvalue weighted by molar-refractivity contribution is 6.23. The summed E-state index contributed by atoms with van der Waals surface area (Å²) in [7, 11) is 1.70. The van der Waals surface area contributed by atoms with Gasteiger partial charge in [-0.3, -0.25) is 0 Å². The van der Waals surface area contributed by atoms with Gasteiger partial charge in [-0.05, 0) is 74.1 Å². The lowest BCUT2D eigenvalue weighted by Crippen LogP contribution is -1.93. The van der Waals surface area contributed by atoms with Crippen molar-refractivity contribution in [2.75, 3.05) is 7.11 Å². The Morgan fingerprint density at radius 2 is 1.09 bits per heavy atom. The Kier molecular flexibility index (Phi) is 4.32. The molecule has 0 amide bonds. The van der Waals surface area contributed by atoms with Gasteiger partial charge in [-0.1, -0.05) is 60.7 Å². The van der Waals surface area contributed by atoms with E-state index in [1.165, 1.54) is 38.2 Å². The molecule has 0 fully saturated rings. The highest BCUT2D eigenvalue weighted by Crippen LogP contribution is 2.44. The van der Waals surface area contributed by atoms with Gasteiger partial charge in [-0.15, -0.1) is 0 Å². The molecule has 0 saturated heterocycles. The lowest BCUT2D eigenvalue weighted by Gasteiger charge is -2.18. The van der Waals surface area contributed by atoms with Crippen LogP contribution in [0.2, 0.25) is 0 Å². The number of nitrogens with zero attached hydrogens (tertiary/aromatic N) is 2. The number of hydrogen-bond donors (Lipinski definition) is 0. The first-order valence-corrected chi connectivity index (χ1v) is 10.6. The van der Waals surface area contributed by atoms with Crippen molar-refractivity contribution in [3.63, 3.8) is 0 Å². The van der Waals surface area contributed by atoms with Crippen molar-refractivity contribution in [2.24, 2.45) is 0 Å². The van der Waals surface area contributed by atoms with Crippen LogP contribution in [-0.2, 0) is 0 Å². The van der Waals surface area contributed by atoms with Crippen LogP contribution in [0.25, 0.3) is 54.8 Å². The second kappa shape index (κ2) is 7.47. The molecule has 0 unspecified atom stereocenters. The van der Waals surface area contributed by atoms with Crippen LogP contribution in [0.15, 0.2) is 103 Å². The summed E-state index contributed by atoms with van der Waals surface area (Å²) in [4.78, 5) is 8.97. The van der Waals surface area contributed by atoms with Crippen molar-refractivity contribution < 1.29 is 4.74 Å². The van der Waals surface area contributed by atoms with Gasteiger partial charge < -0.3 is 4.74 Å². The van der Waals surface area contributed by atoms with E-state index < -0.39 is 0 Å². The third-order valence-corrected chi connectivity index (χ3v) is 6.09. The third kappa shape index (κ3) is 2.83. The maximum atomic E-state index is 5.39. The Morgan fingerprint density at radius 3 is 1.72 bits per heavy atom. The van der Waals surface area contributed by atoms with Gasteiger partial charge in [0.05, 0.1) is 7.11 Å². The zero-order valence-electron chi connectivity index (χ0n) is 17.6. The molecule has 0 aliphatic rings. The maximum Gasteiger partial charge on any atom is 0.159 e. The fourth-order valence-electron chi connectivity index (χ4n) is 4.69. The van der Waals surface area contributed by atoms with E-state index in [0.29, 0.717) is 0 Å². The van der Waals surface area contributed by atoms with Crippen molar-refractivity contribution in [1.82, 2.24) is 9.97 Å². The Morgan fingerprint density at radius 1 is 0.531 bits per heavy atom. The average Bonchev–Trinajstić information content (AvgIpc) is 2.87. The van der Waals surface area contributed by atoms with Crippen LogP contribution >= 0.6 is 0 Å². The van der Waals surface area contributed by atoms with Gasteiger partial charge in [-0.2, -0.15) is 0 Å². The summed E-state index contributed by atoms with van der Waals surface area (Å²) in [6.07, 6.45) is 3.65. The van der Waals surface area contributed by atoms with Crippen LogP contribution < -0.4 is 4.74 Å². The van der Waals surface area contributed by atoms with E-state index in [1.807, 2.05) is 24.4 Å². The minimum absolute atomic E-state index is 0.761. The summed E-state index contributed by atoms with van der Waals surface area (Å²) >= 11 is 0. The van der Waals surface area contributed by atoms with Gasteiger partial charge in [-0.25, -0.2) is 9.97 Å². The SMILES string of the molecule is COc1ccc(-c2c3ccccc3c(-c3ccnc4ncccc34)c3ccccc23)cc1. The second-order valence-electron chi connectivity index (χ2n) is 7.80. The lowest BCUT2D eigenvalue weighted by atomic mass is 9.85. The van der Waals surface area contributed by atoms with Gasteiger partial charge in [0, 0.05) is 17.8 Å². The second-order valence-corrected chi connectivity index (χ2v) is 7.80. The zero-order chi connectivity index (χ0) is 21.5. The Balaban J connectivity index is 1.78.